The van der Waals surface area contributed by atoms with E-state index in [4.69, 9.17) is 9.47 Å². The third-order valence-electron chi connectivity index (χ3n) is 5.00. The maximum atomic E-state index is 6.30. The minimum Gasteiger partial charge on any atom is -0.451 e. The summed E-state index contributed by atoms with van der Waals surface area (Å²) in [6.45, 7) is 0. The molecular formula is C27H20O2. The fraction of sp³-hybridized carbons (Fsp3) is 0.0370. The fourth-order valence-electron chi connectivity index (χ4n) is 3.50. The zero-order valence-corrected chi connectivity index (χ0v) is 15.9. The maximum Gasteiger partial charge on any atom is 0.267 e. The van der Waals surface area contributed by atoms with E-state index in [1.807, 2.05) is 66.7 Å². The Bertz CT molecular complexity index is 1180. The van der Waals surface area contributed by atoms with Crippen molar-refractivity contribution in [2.75, 3.05) is 0 Å². The van der Waals surface area contributed by atoms with Crippen molar-refractivity contribution in [2.45, 2.75) is 6.29 Å². The summed E-state index contributed by atoms with van der Waals surface area (Å²) in [5.41, 5.74) is 0.966. The van der Waals surface area contributed by atoms with E-state index in [1.165, 1.54) is 10.8 Å². The van der Waals surface area contributed by atoms with Crippen LogP contribution in [0.1, 0.15) is 11.9 Å². The summed E-state index contributed by atoms with van der Waals surface area (Å²) < 4.78 is 12.6. The molecule has 0 saturated heterocycles. The SMILES string of the molecule is c1ccc(C(Oc2ccc3ccccc3c2)Oc2ccc3ccccc3c2)cc1. The van der Waals surface area contributed by atoms with E-state index in [1.54, 1.807) is 0 Å². The van der Waals surface area contributed by atoms with Gasteiger partial charge in [0.2, 0.25) is 0 Å². The molecule has 0 saturated carbocycles. The third kappa shape index (κ3) is 3.78. The number of hydrogen-bond acceptors (Lipinski definition) is 2. The zero-order chi connectivity index (χ0) is 19.5. The van der Waals surface area contributed by atoms with Crippen molar-refractivity contribution in [3.05, 3.63) is 121 Å². The minimum atomic E-state index is -0.543. The molecule has 2 nitrogen and oxygen atoms in total. The van der Waals surface area contributed by atoms with Crippen LogP contribution in [0.15, 0.2) is 115 Å². The second-order valence-electron chi connectivity index (χ2n) is 7.00. The van der Waals surface area contributed by atoms with Crippen LogP contribution in [0.5, 0.6) is 11.5 Å². The predicted octanol–water partition coefficient (Wildman–Crippen LogP) is 7.15. The molecule has 5 aromatic carbocycles. The maximum absolute atomic E-state index is 6.30. The molecule has 5 rings (SSSR count). The van der Waals surface area contributed by atoms with Gasteiger partial charge in [-0.25, -0.2) is 0 Å². The van der Waals surface area contributed by atoms with Gasteiger partial charge >= 0.3 is 0 Å². The Labute approximate surface area is 170 Å². The lowest BCUT2D eigenvalue weighted by Gasteiger charge is -2.21. The minimum absolute atomic E-state index is 0.543. The van der Waals surface area contributed by atoms with E-state index < -0.39 is 6.29 Å². The van der Waals surface area contributed by atoms with Crippen LogP contribution in [0.4, 0.5) is 0 Å². The summed E-state index contributed by atoms with van der Waals surface area (Å²) in [6.07, 6.45) is -0.543. The van der Waals surface area contributed by atoms with Gasteiger partial charge in [0, 0.05) is 5.56 Å². The molecule has 0 radical (unpaired) electrons. The Kier molecular flexibility index (Phi) is 4.59. The normalized spacial score (nSPS) is 11.1. The monoisotopic (exact) mass is 376 g/mol. The Morgan fingerprint density at radius 3 is 1.38 bits per heavy atom. The molecule has 0 aliphatic carbocycles. The standard InChI is InChI=1S/C27H20O2/c1-2-10-22(11-3-1)27(28-25-16-14-20-8-4-6-12-23(20)18-25)29-26-17-15-21-9-5-7-13-24(21)19-26/h1-19,27H. The lowest BCUT2D eigenvalue weighted by atomic mass is 10.1. The lowest BCUT2D eigenvalue weighted by molar-refractivity contribution is 0.00404. The second kappa shape index (κ2) is 7.69. The number of rotatable bonds is 5. The largest absolute Gasteiger partial charge is 0.451 e. The van der Waals surface area contributed by atoms with Gasteiger partial charge in [0.05, 0.1) is 0 Å². The summed E-state index contributed by atoms with van der Waals surface area (Å²) in [7, 11) is 0. The molecule has 0 N–H and O–H groups in total. The highest BCUT2D eigenvalue weighted by molar-refractivity contribution is 5.84. The van der Waals surface area contributed by atoms with Crippen molar-refractivity contribution in [3.63, 3.8) is 0 Å². The summed E-state index contributed by atoms with van der Waals surface area (Å²) in [6, 6.07) is 38.8. The molecule has 2 heteroatoms. The average Bonchev–Trinajstić information content (AvgIpc) is 2.79. The van der Waals surface area contributed by atoms with E-state index >= 15 is 0 Å². The molecule has 5 aromatic rings. The molecule has 140 valence electrons. The first-order chi connectivity index (χ1) is 14.3. The Balaban J connectivity index is 1.48. The molecule has 0 atom stereocenters. The fourth-order valence-corrected chi connectivity index (χ4v) is 3.50. The van der Waals surface area contributed by atoms with E-state index in [-0.39, 0.29) is 0 Å². The van der Waals surface area contributed by atoms with Crippen LogP contribution in [-0.4, -0.2) is 0 Å². The van der Waals surface area contributed by atoms with Crippen LogP contribution in [0.3, 0.4) is 0 Å². The van der Waals surface area contributed by atoms with Crippen molar-refractivity contribution < 1.29 is 9.47 Å². The quantitative estimate of drug-likeness (QED) is 0.303. The van der Waals surface area contributed by atoms with Crippen LogP contribution in [0.25, 0.3) is 21.5 Å². The first kappa shape index (κ1) is 17.3. The first-order valence-corrected chi connectivity index (χ1v) is 9.71. The molecule has 0 aliphatic rings. The van der Waals surface area contributed by atoms with Gasteiger partial charge in [0.15, 0.2) is 0 Å². The van der Waals surface area contributed by atoms with Crippen LogP contribution in [0.2, 0.25) is 0 Å². The molecular weight excluding hydrogens is 356 g/mol. The second-order valence-corrected chi connectivity index (χ2v) is 7.00. The first-order valence-electron chi connectivity index (χ1n) is 9.71. The van der Waals surface area contributed by atoms with Crippen LogP contribution < -0.4 is 9.47 Å². The van der Waals surface area contributed by atoms with E-state index in [9.17, 15) is 0 Å². The van der Waals surface area contributed by atoms with Gasteiger partial charge in [-0.2, -0.15) is 0 Å². The van der Waals surface area contributed by atoms with Crippen LogP contribution >= 0.6 is 0 Å². The number of benzene rings is 5. The molecule has 0 aliphatic heterocycles. The smallest absolute Gasteiger partial charge is 0.267 e. The number of hydrogen-bond donors (Lipinski definition) is 0. The summed E-state index contributed by atoms with van der Waals surface area (Å²) >= 11 is 0. The highest BCUT2D eigenvalue weighted by Crippen LogP contribution is 2.29. The van der Waals surface area contributed by atoms with Crippen molar-refractivity contribution in [3.8, 4) is 11.5 Å². The molecule has 0 aromatic heterocycles. The van der Waals surface area contributed by atoms with Gasteiger partial charge in [-0.05, 0) is 45.8 Å². The van der Waals surface area contributed by atoms with E-state index in [0.717, 1.165) is 27.8 Å². The van der Waals surface area contributed by atoms with Gasteiger partial charge in [0.1, 0.15) is 11.5 Å². The molecule has 0 fully saturated rings. The highest BCUT2D eigenvalue weighted by atomic mass is 16.7. The van der Waals surface area contributed by atoms with Crippen molar-refractivity contribution in [1.82, 2.24) is 0 Å². The van der Waals surface area contributed by atoms with Gasteiger partial charge in [-0.15, -0.1) is 0 Å². The topological polar surface area (TPSA) is 18.5 Å². The number of ether oxygens (including phenoxy) is 2. The third-order valence-corrected chi connectivity index (χ3v) is 5.00. The summed E-state index contributed by atoms with van der Waals surface area (Å²) in [5.74, 6) is 1.55. The van der Waals surface area contributed by atoms with Crippen molar-refractivity contribution in [2.24, 2.45) is 0 Å². The van der Waals surface area contributed by atoms with Crippen molar-refractivity contribution >= 4 is 21.5 Å². The van der Waals surface area contributed by atoms with Gasteiger partial charge in [0.25, 0.3) is 6.29 Å². The highest BCUT2D eigenvalue weighted by Gasteiger charge is 2.16. The van der Waals surface area contributed by atoms with Crippen LogP contribution in [-0.2, 0) is 0 Å². The Hall–Kier alpha value is -3.78. The van der Waals surface area contributed by atoms with E-state index in [2.05, 4.69) is 48.5 Å². The van der Waals surface area contributed by atoms with Crippen LogP contribution in [0, 0.1) is 0 Å². The predicted molar refractivity (Wildman–Crippen MR) is 118 cm³/mol. The van der Waals surface area contributed by atoms with Crippen molar-refractivity contribution in [1.29, 1.82) is 0 Å². The van der Waals surface area contributed by atoms with Gasteiger partial charge in [-0.1, -0.05) is 91.0 Å². The molecule has 29 heavy (non-hydrogen) atoms. The number of fused-ring (bicyclic) bond motifs is 2. The van der Waals surface area contributed by atoms with Gasteiger partial charge in [-0.3, -0.25) is 0 Å². The average molecular weight is 376 g/mol. The molecule has 0 heterocycles. The summed E-state index contributed by atoms with van der Waals surface area (Å²) in [5, 5.41) is 4.66. The zero-order valence-electron chi connectivity index (χ0n) is 15.9. The van der Waals surface area contributed by atoms with E-state index in [0.29, 0.717) is 0 Å². The Morgan fingerprint density at radius 2 is 0.862 bits per heavy atom. The molecule has 0 amide bonds. The molecule has 0 spiro atoms. The molecule has 0 bridgehead atoms. The Morgan fingerprint density at radius 1 is 0.414 bits per heavy atom. The lowest BCUT2D eigenvalue weighted by Crippen LogP contribution is -2.15. The van der Waals surface area contributed by atoms with Gasteiger partial charge < -0.3 is 9.47 Å². The molecule has 0 unspecified atom stereocenters. The summed E-state index contributed by atoms with van der Waals surface area (Å²) in [4.78, 5) is 0.